The molecule has 3 aromatic carbocycles. The monoisotopic (exact) mass is 1300 g/mol. The fourth-order valence-electron chi connectivity index (χ4n) is 11.8. The Morgan fingerprint density at radius 2 is 0.926 bits per heavy atom. The van der Waals surface area contributed by atoms with Gasteiger partial charge in [-0.25, -0.2) is 48.3 Å². The maximum Gasteiger partial charge on any atom is 0.410 e. The molecule has 2 amide bonds. The Morgan fingerprint density at radius 1 is 0.526 bits per heavy atom. The van der Waals surface area contributed by atoms with Crippen molar-refractivity contribution in [3.8, 4) is 22.8 Å². The van der Waals surface area contributed by atoms with Crippen LogP contribution in [0.1, 0.15) is 92.0 Å². The second kappa shape index (κ2) is 28.6. The average Bonchev–Trinajstić information content (AvgIpc) is 1.81. The first-order valence-electron chi connectivity index (χ1n) is 31.9. The molecule has 24 heteroatoms. The molecule has 0 unspecified atom stereocenters. The highest BCUT2D eigenvalue weighted by Crippen LogP contribution is 2.32. The summed E-state index contributed by atoms with van der Waals surface area (Å²) in [6, 6.07) is 27.5. The third-order valence-electron chi connectivity index (χ3n) is 16.3. The van der Waals surface area contributed by atoms with Crippen LogP contribution in [0.15, 0.2) is 128 Å². The number of pyridine rings is 2. The summed E-state index contributed by atoms with van der Waals surface area (Å²) in [5.41, 5.74) is 12.6. The smallest absolute Gasteiger partial charge is 0.410 e. The maximum absolute atomic E-state index is 13.9. The van der Waals surface area contributed by atoms with Gasteiger partial charge in [0, 0.05) is 157 Å². The highest BCUT2D eigenvalue weighted by molar-refractivity contribution is 6.28. The van der Waals surface area contributed by atoms with E-state index in [2.05, 4.69) is 110 Å². The van der Waals surface area contributed by atoms with E-state index in [4.69, 9.17) is 36.0 Å². The van der Waals surface area contributed by atoms with Crippen molar-refractivity contribution in [3.05, 3.63) is 196 Å². The van der Waals surface area contributed by atoms with Gasteiger partial charge in [-0.1, -0.05) is 54.6 Å². The molecule has 0 aliphatic carbocycles. The summed E-state index contributed by atoms with van der Waals surface area (Å²) >= 11 is 6.15. The van der Waals surface area contributed by atoms with Gasteiger partial charge in [0.05, 0.1) is 42.6 Å². The van der Waals surface area contributed by atoms with Crippen LogP contribution in [0.2, 0.25) is 5.28 Å². The number of nitrogens with one attached hydrogen (secondary N) is 7. The van der Waals surface area contributed by atoms with Crippen LogP contribution in [0.3, 0.4) is 0 Å². The predicted molar refractivity (Wildman–Crippen MR) is 365 cm³/mol. The van der Waals surface area contributed by atoms with E-state index >= 15 is 0 Å². The van der Waals surface area contributed by atoms with Gasteiger partial charge in [0.15, 0.2) is 11.6 Å². The molecule has 0 bridgehead atoms. The molecule has 3 aliphatic rings. The molecule has 95 heavy (non-hydrogen) atoms. The van der Waals surface area contributed by atoms with Crippen LogP contribution in [0.5, 0.6) is 0 Å². The van der Waals surface area contributed by atoms with E-state index in [0.29, 0.717) is 86.5 Å². The van der Waals surface area contributed by atoms with Gasteiger partial charge in [0.1, 0.15) is 40.3 Å². The quantitative estimate of drug-likeness (QED) is 0.0499. The number of amides is 2. The molecule has 8 aromatic heterocycles. The fourth-order valence-corrected chi connectivity index (χ4v) is 12.0. The number of rotatable bonds is 14. The Morgan fingerprint density at radius 3 is 1.36 bits per heavy atom. The number of ether oxygens (including phenoxy) is 2. The molecule has 11 heterocycles. The van der Waals surface area contributed by atoms with Crippen LogP contribution >= 0.6 is 11.6 Å². The molecule has 11 aromatic rings. The number of hydrogen-bond acceptors (Lipinski definition) is 16. The number of aromatic amines is 3. The van der Waals surface area contributed by atoms with Gasteiger partial charge < -0.3 is 55.5 Å². The van der Waals surface area contributed by atoms with E-state index in [-0.39, 0.29) is 23.3 Å². The van der Waals surface area contributed by atoms with Crippen molar-refractivity contribution in [2.75, 3.05) is 55.2 Å². The van der Waals surface area contributed by atoms with Gasteiger partial charge in [-0.2, -0.15) is 0 Å². The van der Waals surface area contributed by atoms with E-state index in [9.17, 15) is 18.4 Å². The number of carbonyl (C=O) groups is 2. The normalized spacial score (nSPS) is 13.6. The minimum Gasteiger partial charge on any atom is -0.444 e. The summed E-state index contributed by atoms with van der Waals surface area (Å²) in [6.07, 6.45) is 15.4. The molecule has 14 rings (SSSR count). The highest BCUT2D eigenvalue weighted by atomic mass is 35.5. The molecule has 0 fully saturated rings. The van der Waals surface area contributed by atoms with E-state index in [1.165, 1.54) is 51.2 Å². The van der Waals surface area contributed by atoms with Crippen LogP contribution in [-0.2, 0) is 67.6 Å². The zero-order chi connectivity index (χ0) is 66.2. The summed E-state index contributed by atoms with van der Waals surface area (Å²) in [6.45, 7) is 16.6. The molecule has 0 spiro atoms. The minimum absolute atomic E-state index is 0.217. The zero-order valence-electron chi connectivity index (χ0n) is 54.0. The summed E-state index contributed by atoms with van der Waals surface area (Å²) in [5.74, 6) is 2.19. The second-order valence-corrected chi connectivity index (χ2v) is 25.9. The molecular weight excluding hydrogens is 1230 g/mol. The molecular formula is C71H76ClF2N17O4. The van der Waals surface area contributed by atoms with Gasteiger partial charge in [0.25, 0.3) is 0 Å². The Hall–Kier alpha value is -10.1. The number of halogens is 3. The third-order valence-corrected chi connectivity index (χ3v) is 16.5. The minimum atomic E-state index is -0.581. The molecule has 0 atom stereocenters. The molecule has 21 nitrogen and oxygen atoms in total. The topological polar surface area (TPSA) is 258 Å². The van der Waals surface area contributed by atoms with E-state index in [1.807, 2.05) is 84.3 Å². The second-order valence-electron chi connectivity index (χ2n) is 25.5. The molecule has 3 aliphatic heterocycles. The van der Waals surface area contributed by atoms with E-state index < -0.39 is 17.0 Å². The van der Waals surface area contributed by atoms with Crippen molar-refractivity contribution >= 4 is 73.9 Å². The van der Waals surface area contributed by atoms with Crippen molar-refractivity contribution in [2.24, 2.45) is 0 Å². The number of hydrogen-bond donors (Lipinski definition) is 7. The van der Waals surface area contributed by atoms with Gasteiger partial charge in [0.2, 0.25) is 5.28 Å². The van der Waals surface area contributed by atoms with Crippen LogP contribution < -0.4 is 21.3 Å². The summed E-state index contributed by atoms with van der Waals surface area (Å²) < 4.78 is 38.6. The van der Waals surface area contributed by atoms with Crippen LogP contribution in [0.4, 0.5) is 35.8 Å². The van der Waals surface area contributed by atoms with E-state index in [1.54, 1.807) is 22.2 Å². The highest BCUT2D eigenvalue weighted by Gasteiger charge is 2.31. The first kappa shape index (κ1) is 65.0. The lowest BCUT2D eigenvalue weighted by Gasteiger charge is -2.31. The van der Waals surface area contributed by atoms with Crippen LogP contribution in [-0.4, -0.2) is 127 Å². The molecule has 0 saturated heterocycles. The number of para-hydroxylation sites is 3. The fraction of sp³-hybridized carbons (Fsp3) is 0.324. The SMILES string of the molecule is CC(C)(C)OC(=O)N1CCc2nc(-c3cncc(F)c3)nc(NCCc3c[nH]c4ccccc34)c2C1.CC(C)(C)OC(=O)N1CCc2nc(Cl)nc(NCCc3c[nH]c4ccccc34)c2C1.Fc1cncc(-c2nc3c(c(NCCc4c[nH]c5ccccc45)n2)CNCC3)c1. The lowest BCUT2D eigenvalue weighted by Crippen LogP contribution is -2.40. The lowest BCUT2D eigenvalue weighted by molar-refractivity contribution is 0.0213. The zero-order valence-corrected chi connectivity index (χ0v) is 54.7. The van der Waals surface area contributed by atoms with Gasteiger partial charge in [-0.05, 0) is 119 Å². The van der Waals surface area contributed by atoms with Crippen LogP contribution in [0, 0.1) is 11.6 Å². The first-order chi connectivity index (χ1) is 45.8. The summed E-state index contributed by atoms with van der Waals surface area (Å²) in [5, 5.41) is 17.6. The number of nitrogens with zero attached hydrogens (tertiary/aromatic N) is 10. The standard InChI is InChI=1S/C27H29FN6O2.C22H26ClN5O2.C22H21FN6/c1-27(2,3)36-26(35)34-11-9-23-21(16-34)25(33-24(32-23)18-12-19(28)15-29-13-18)30-10-8-17-14-31-22-7-5-4-6-20(17)22;1-22(2,3)30-21(29)28-11-9-18-16(13-28)19(27-20(23)26-18)24-10-8-14-12-25-17-7-5-4-6-15(14)17;23-16-9-15(10-25-12-16)21-28-20-6-7-24-13-18(20)22(29-21)26-8-5-14-11-27-19-4-2-1-3-17(14)19/h4-7,12-15,31H,8-11,16H2,1-3H3,(H,30,32,33);4-7,12,25H,8-11,13H2,1-3H3,(H,24,26,27);1-4,9-12,24,27H,5-8,13H2,(H,26,28,29). The Labute approximate surface area is 553 Å². The Bertz CT molecular complexity index is 4560. The van der Waals surface area contributed by atoms with Crippen molar-refractivity contribution in [2.45, 2.75) is 111 Å². The van der Waals surface area contributed by atoms with Crippen molar-refractivity contribution < 1.29 is 27.8 Å². The number of anilines is 3. The number of aromatic nitrogens is 11. The first-order valence-corrected chi connectivity index (χ1v) is 32.3. The van der Waals surface area contributed by atoms with Crippen LogP contribution in [0.25, 0.3) is 55.5 Å². The largest absolute Gasteiger partial charge is 0.444 e. The molecule has 0 radical (unpaired) electrons. The third kappa shape index (κ3) is 16.1. The summed E-state index contributed by atoms with van der Waals surface area (Å²) in [4.78, 5) is 74.0. The molecule has 0 saturated carbocycles. The van der Waals surface area contributed by atoms with Gasteiger partial charge in [-0.15, -0.1) is 0 Å². The molecule has 7 N–H and O–H groups in total. The summed E-state index contributed by atoms with van der Waals surface area (Å²) in [7, 11) is 0. The average molecular weight is 1300 g/mol. The van der Waals surface area contributed by atoms with Crippen molar-refractivity contribution in [1.29, 1.82) is 0 Å². The number of fused-ring (bicyclic) bond motifs is 6. The van der Waals surface area contributed by atoms with Gasteiger partial charge >= 0.3 is 12.2 Å². The van der Waals surface area contributed by atoms with Gasteiger partial charge in [-0.3, -0.25) is 9.97 Å². The van der Waals surface area contributed by atoms with Crippen molar-refractivity contribution in [1.82, 2.24) is 69.9 Å². The molecule has 490 valence electrons. The number of carbonyl (C=O) groups excluding carboxylic acids is 2. The number of benzene rings is 3. The lowest BCUT2D eigenvalue weighted by atomic mass is 10.1. The van der Waals surface area contributed by atoms with E-state index in [0.717, 1.165) is 108 Å². The Kier molecular flexibility index (Phi) is 19.6. The van der Waals surface area contributed by atoms with Crippen molar-refractivity contribution in [3.63, 3.8) is 0 Å². The maximum atomic E-state index is 13.9. The Balaban J connectivity index is 0.000000137. The number of H-pyrrole nitrogens is 3. The predicted octanol–water partition coefficient (Wildman–Crippen LogP) is 13.1.